The topological polar surface area (TPSA) is 58.2 Å². The molecule has 0 bridgehead atoms. The first kappa shape index (κ1) is 18.6. The predicted octanol–water partition coefficient (Wildman–Crippen LogP) is 3.20. The Kier molecular flexibility index (Phi) is 6.28. The van der Waals surface area contributed by atoms with E-state index in [1.807, 2.05) is 45.0 Å². The molecule has 0 aliphatic heterocycles. The van der Waals surface area contributed by atoms with Crippen LogP contribution in [0, 0.1) is 18.7 Å². The summed E-state index contributed by atoms with van der Waals surface area (Å²) in [7, 11) is 0. The minimum atomic E-state index is -0.664. The maximum atomic E-state index is 13.0. The molecule has 0 radical (unpaired) electrons. The van der Waals surface area contributed by atoms with Crippen molar-refractivity contribution in [1.29, 1.82) is 0 Å². The molecule has 0 heterocycles. The number of rotatable bonds is 6. The molecule has 0 aromatic heterocycles. The van der Waals surface area contributed by atoms with Crippen LogP contribution in [-0.4, -0.2) is 17.9 Å². The van der Waals surface area contributed by atoms with Gasteiger partial charge in [-0.25, -0.2) is 4.39 Å². The largest absolute Gasteiger partial charge is 0.350 e. The highest BCUT2D eigenvalue weighted by Crippen LogP contribution is 2.08. The summed E-state index contributed by atoms with van der Waals surface area (Å²) < 4.78 is 13.0. The maximum Gasteiger partial charge on any atom is 0.251 e. The van der Waals surface area contributed by atoms with Gasteiger partial charge in [0.25, 0.3) is 5.91 Å². The lowest BCUT2D eigenvalue weighted by atomic mass is 10.0. The molecule has 0 saturated heterocycles. The van der Waals surface area contributed by atoms with Gasteiger partial charge in [0.15, 0.2) is 0 Å². The van der Waals surface area contributed by atoms with Crippen molar-refractivity contribution in [3.8, 4) is 0 Å². The van der Waals surface area contributed by atoms with E-state index < -0.39 is 17.8 Å². The molecular formula is C20H23FN2O2. The van der Waals surface area contributed by atoms with E-state index >= 15 is 0 Å². The lowest BCUT2D eigenvalue weighted by Crippen LogP contribution is -2.49. The van der Waals surface area contributed by atoms with Crippen molar-refractivity contribution in [3.05, 3.63) is 71.0 Å². The molecule has 0 unspecified atom stereocenters. The molecule has 1 atom stereocenters. The van der Waals surface area contributed by atoms with Crippen LogP contribution >= 0.6 is 0 Å². The summed E-state index contributed by atoms with van der Waals surface area (Å²) in [4.78, 5) is 24.7. The van der Waals surface area contributed by atoms with Crippen LogP contribution in [0.25, 0.3) is 0 Å². The molecule has 2 rings (SSSR count). The Morgan fingerprint density at radius 1 is 1.00 bits per heavy atom. The van der Waals surface area contributed by atoms with E-state index in [0.29, 0.717) is 12.1 Å². The average Bonchev–Trinajstić information content (AvgIpc) is 2.59. The van der Waals surface area contributed by atoms with Crippen LogP contribution in [0.1, 0.15) is 35.3 Å². The first-order chi connectivity index (χ1) is 11.9. The smallest absolute Gasteiger partial charge is 0.251 e. The molecule has 2 amide bonds. The van der Waals surface area contributed by atoms with Crippen LogP contribution in [0.3, 0.4) is 0 Å². The third kappa shape index (κ3) is 5.41. The molecule has 132 valence electrons. The first-order valence-electron chi connectivity index (χ1n) is 8.26. The van der Waals surface area contributed by atoms with E-state index in [1.165, 1.54) is 24.3 Å². The molecule has 0 aliphatic carbocycles. The van der Waals surface area contributed by atoms with Gasteiger partial charge in [-0.1, -0.05) is 43.7 Å². The monoisotopic (exact) mass is 342 g/mol. The standard InChI is InChI=1S/C20H23FN2O2/c1-13(2)18(23-19(24)16-8-10-17(21)11-9-16)20(25)22-12-15-6-4-14(3)5-7-15/h4-11,13,18H,12H2,1-3H3,(H,22,25)(H,23,24)/t18-/m1/s1. The number of benzene rings is 2. The molecule has 0 fully saturated rings. The number of hydrogen-bond acceptors (Lipinski definition) is 2. The van der Waals surface area contributed by atoms with Crippen molar-refractivity contribution < 1.29 is 14.0 Å². The minimum absolute atomic E-state index is 0.0811. The number of halogens is 1. The van der Waals surface area contributed by atoms with Crippen molar-refractivity contribution >= 4 is 11.8 Å². The molecule has 5 heteroatoms. The summed E-state index contributed by atoms with van der Waals surface area (Å²) in [6.45, 7) is 6.12. The molecule has 2 N–H and O–H groups in total. The molecule has 0 aliphatic rings. The average molecular weight is 342 g/mol. The van der Waals surface area contributed by atoms with Gasteiger partial charge in [0, 0.05) is 12.1 Å². The summed E-state index contributed by atoms with van der Waals surface area (Å²) in [5.41, 5.74) is 2.46. The normalized spacial score (nSPS) is 11.9. The summed E-state index contributed by atoms with van der Waals surface area (Å²) in [5.74, 6) is -1.13. The van der Waals surface area contributed by atoms with Crippen molar-refractivity contribution in [2.45, 2.75) is 33.4 Å². The van der Waals surface area contributed by atoms with E-state index in [9.17, 15) is 14.0 Å². The zero-order valence-corrected chi connectivity index (χ0v) is 14.7. The van der Waals surface area contributed by atoms with Gasteiger partial charge in [-0.15, -0.1) is 0 Å². The fraction of sp³-hybridized carbons (Fsp3) is 0.300. The minimum Gasteiger partial charge on any atom is -0.350 e. The van der Waals surface area contributed by atoms with E-state index in [2.05, 4.69) is 10.6 Å². The van der Waals surface area contributed by atoms with Crippen LogP contribution in [-0.2, 0) is 11.3 Å². The maximum absolute atomic E-state index is 13.0. The number of nitrogens with one attached hydrogen (secondary N) is 2. The second-order valence-electron chi connectivity index (χ2n) is 6.41. The Morgan fingerprint density at radius 2 is 1.60 bits per heavy atom. The van der Waals surface area contributed by atoms with Crippen LogP contribution in [0.4, 0.5) is 4.39 Å². The Morgan fingerprint density at radius 3 is 2.16 bits per heavy atom. The lowest BCUT2D eigenvalue weighted by molar-refractivity contribution is -0.124. The van der Waals surface area contributed by atoms with Crippen LogP contribution in [0.5, 0.6) is 0 Å². The highest BCUT2D eigenvalue weighted by atomic mass is 19.1. The van der Waals surface area contributed by atoms with E-state index in [0.717, 1.165) is 11.1 Å². The van der Waals surface area contributed by atoms with Crippen molar-refractivity contribution in [2.24, 2.45) is 5.92 Å². The highest BCUT2D eigenvalue weighted by molar-refractivity contribution is 5.97. The number of aryl methyl sites for hydroxylation is 1. The van der Waals surface area contributed by atoms with E-state index in [-0.39, 0.29) is 11.8 Å². The Balaban J connectivity index is 1.98. The van der Waals surface area contributed by atoms with E-state index in [1.54, 1.807) is 0 Å². The fourth-order valence-corrected chi connectivity index (χ4v) is 2.37. The van der Waals surface area contributed by atoms with Gasteiger partial charge in [-0.2, -0.15) is 0 Å². The Hall–Kier alpha value is -2.69. The fourth-order valence-electron chi connectivity index (χ4n) is 2.37. The SMILES string of the molecule is Cc1ccc(CNC(=O)[C@H](NC(=O)c2ccc(F)cc2)C(C)C)cc1. The quantitative estimate of drug-likeness (QED) is 0.847. The molecular weight excluding hydrogens is 319 g/mol. The first-order valence-corrected chi connectivity index (χ1v) is 8.26. The second-order valence-corrected chi connectivity index (χ2v) is 6.41. The van der Waals surface area contributed by atoms with Crippen molar-refractivity contribution in [2.75, 3.05) is 0 Å². The third-order valence-corrected chi connectivity index (χ3v) is 3.93. The highest BCUT2D eigenvalue weighted by Gasteiger charge is 2.24. The van der Waals surface area contributed by atoms with Gasteiger partial charge < -0.3 is 10.6 Å². The zero-order chi connectivity index (χ0) is 18.4. The molecule has 2 aromatic carbocycles. The van der Waals surface area contributed by atoms with Crippen LogP contribution in [0.15, 0.2) is 48.5 Å². The van der Waals surface area contributed by atoms with Gasteiger partial charge in [-0.3, -0.25) is 9.59 Å². The number of hydrogen-bond donors (Lipinski definition) is 2. The summed E-state index contributed by atoms with van der Waals surface area (Å²) >= 11 is 0. The van der Waals surface area contributed by atoms with Gasteiger partial charge in [0.2, 0.25) is 5.91 Å². The Labute approximate surface area is 147 Å². The third-order valence-electron chi connectivity index (χ3n) is 3.93. The van der Waals surface area contributed by atoms with E-state index in [4.69, 9.17) is 0 Å². The number of carbonyl (C=O) groups excluding carboxylic acids is 2. The van der Waals surface area contributed by atoms with Gasteiger partial charge in [0.05, 0.1) is 0 Å². The molecule has 0 saturated carbocycles. The van der Waals surface area contributed by atoms with Gasteiger partial charge in [0.1, 0.15) is 11.9 Å². The van der Waals surface area contributed by atoms with Crippen molar-refractivity contribution in [3.63, 3.8) is 0 Å². The number of amides is 2. The van der Waals surface area contributed by atoms with Crippen LogP contribution in [0.2, 0.25) is 0 Å². The Bertz CT molecular complexity index is 724. The van der Waals surface area contributed by atoms with Gasteiger partial charge >= 0.3 is 0 Å². The molecule has 25 heavy (non-hydrogen) atoms. The van der Waals surface area contributed by atoms with Crippen LogP contribution < -0.4 is 10.6 Å². The molecule has 4 nitrogen and oxygen atoms in total. The number of carbonyl (C=O) groups is 2. The van der Waals surface area contributed by atoms with Crippen molar-refractivity contribution in [1.82, 2.24) is 10.6 Å². The second kappa shape index (κ2) is 8.42. The predicted molar refractivity (Wildman–Crippen MR) is 95.5 cm³/mol. The lowest BCUT2D eigenvalue weighted by Gasteiger charge is -2.22. The summed E-state index contributed by atoms with van der Waals surface area (Å²) in [6, 6.07) is 12.4. The van der Waals surface area contributed by atoms with Gasteiger partial charge in [-0.05, 0) is 42.7 Å². The zero-order valence-electron chi connectivity index (χ0n) is 14.7. The molecule has 0 spiro atoms. The summed E-state index contributed by atoms with van der Waals surface area (Å²) in [5, 5.41) is 5.58. The summed E-state index contributed by atoms with van der Waals surface area (Å²) in [6.07, 6.45) is 0. The molecule has 2 aromatic rings.